The van der Waals surface area contributed by atoms with Crippen molar-refractivity contribution >= 4 is 17.7 Å². The lowest BCUT2D eigenvalue weighted by Gasteiger charge is -2.15. The number of aromatic nitrogens is 2. The van der Waals surface area contributed by atoms with Gasteiger partial charge in [0.15, 0.2) is 0 Å². The summed E-state index contributed by atoms with van der Waals surface area (Å²) in [5.41, 5.74) is 4.38. The molecule has 28 heavy (non-hydrogen) atoms. The van der Waals surface area contributed by atoms with E-state index in [1.807, 2.05) is 51.1 Å². The number of nitrogens with zero attached hydrogens (tertiary/aromatic N) is 2. The summed E-state index contributed by atoms with van der Waals surface area (Å²) in [7, 11) is 0. The monoisotopic (exact) mass is 395 g/mol. The molecule has 0 saturated carbocycles. The van der Waals surface area contributed by atoms with Gasteiger partial charge in [0.05, 0.1) is 5.25 Å². The lowest BCUT2D eigenvalue weighted by molar-refractivity contribution is -0.120. The van der Waals surface area contributed by atoms with Crippen molar-refractivity contribution in [3.63, 3.8) is 0 Å². The lowest BCUT2D eigenvalue weighted by Crippen LogP contribution is -2.33. The Hall–Kier alpha value is -2.60. The van der Waals surface area contributed by atoms with E-state index in [1.54, 1.807) is 0 Å². The number of rotatable bonds is 7. The van der Waals surface area contributed by atoms with Crippen molar-refractivity contribution in [2.75, 3.05) is 6.54 Å². The number of carbonyl (C=O) groups is 1. The van der Waals surface area contributed by atoms with Gasteiger partial charge in [0.2, 0.25) is 11.8 Å². The summed E-state index contributed by atoms with van der Waals surface area (Å²) in [5, 5.41) is 11.3. The minimum atomic E-state index is -0.324. The van der Waals surface area contributed by atoms with Crippen LogP contribution in [0.1, 0.15) is 36.5 Å². The average Bonchev–Trinajstić information content (AvgIpc) is 3.14. The molecule has 0 aliphatic heterocycles. The third-order valence-electron chi connectivity index (χ3n) is 4.47. The molecular formula is C22H25N3O2S. The molecule has 6 heteroatoms. The first kappa shape index (κ1) is 20.1. The Morgan fingerprint density at radius 2 is 1.75 bits per heavy atom. The summed E-state index contributed by atoms with van der Waals surface area (Å²) < 4.78 is 5.76. The predicted octanol–water partition coefficient (Wildman–Crippen LogP) is 4.75. The minimum Gasteiger partial charge on any atom is -0.411 e. The minimum absolute atomic E-state index is 0.0427. The topological polar surface area (TPSA) is 68.0 Å². The molecule has 2 aromatic carbocycles. The van der Waals surface area contributed by atoms with Gasteiger partial charge in [-0.1, -0.05) is 66.2 Å². The summed E-state index contributed by atoms with van der Waals surface area (Å²) >= 11 is 1.27. The van der Waals surface area contributed by atoms with Gasteiger partial charge in [-0.2, -0.15) is 0 Å². The highest BCUT2D eigenvalue weighted by Crippen LogP contribution is 2.27. The van der Waals surface area contributed by atoms with Crippen molar-refractivity contribution in [2.45, 2.75) is 44.1 Å². The van der Waals surface area contributed by atoms with Crippen LogP contribution in [-0.4, -0.2) is 27.9 Å². The quantitative estimate of drug-likeness (QED) is 0.585. The van der Waals surface area contributed by atoms with Gasteiger partial charge < -0.3 is 9.73 Å². The molecule has 0 fully saturated rings. The van der Waals surface area contributed by atoms with Crippen LogP contribution >= 0.6 is 11.8 Å². The van der Waals surface area contributed by atoms with Gasteiger partial charge >= 0.3 is 0 Å². The highest BCUT2D eigenvalue weighted by Gasteiger charge is 2.19. The molecule has 1 heterocycles. The second-order valence-corrected chi connectivity index (χ2v) is 8.36. The SMILES string of the molecule is Cc1cc(C)cc(-c2nnc(SC(C)C(=O)NCC(C)c3ccccc3)o2)c1. The molecule has 0 aliphatic rings. The Balaban J connectivity index is 1.56. The second-order valence-electron chi connectivity index (χ2n) is 7.07. The zero-order valence-electron chi connectivity index (χ0n) is 16.6. The first-order valence-corrected chi connectivity index (χ1v) is 10.2. The third kappa shape index (κ3) is 5.23. The Labute approximate surface area is 170 Å². The normalized spacial score (nSPS) is 13.1. The van der Waals surface area contributed by atoms with Crippen LogP contribution in [0.3, 0.4) is 0 Å². The summed E-state index contributed by atoms with van der Waals surface area (Å²) in [4.78, 5) is 12.4. The van der Waals surface area contributed by atoms with E-state index in [2.05, 4.69) is 40.6 Å². The number of hydrogen-bond donors (Lipinski definition) is 1. The fourth-order valence-electron chi connectivity index (χ4n) is 2.97. The van der Waals surface area contributed by atoms with Crippen LogP contribution in [0.15, 0.2) is 58.2 Å². The maximum absolute atomic E-state index is 12.4. The van der Waals surface area contributed by atoms with Crippen LogP contribution in [0.25, 0.3) is 11.5 Å². The van der Waals surface area contributed by atoms with Gasteiger partial charge in [-0.15, -0.1) is 10.2 Å². The van der Waals surface area contributed by atoms with Gasteiger partial charge in [0.1, 0.15) is 0 Å². The van der Waals surface area contributed by atoms with Gasteiger partial charge in [-0.3, -0.25) is 4.79 Å². The van der Waals surface area contributed by atoms with E-state index in [0.29, 0.717) is 17.7 Å². The molecule has 2 atom stereocenters. The maximum Gasteiger partial charge on any atom is 0.277 e. The molecule has 0 radical (unpaired) electrons. The van der Waals surface area contributed by atoms with Crippen LogP contribution in [0.5, 0.6) is 0 Å². The summed E-state index contributed by atoms with van der Waals surface area (Å²) in [5.74, 6) is 0.681. The van der Waals surface area contributed by atoms with E-state index >= 15 is 0 Å². The maximum atomic E-state index is 12.4. The molecule has 0 saturated heterocycles. The molecular weight excluding hydrogens is 370 g/mol. The van der Waals surface area contributed by atoms with Gasteiger partial charge in [-0.25, -0.2) is 0 Å². The fraction of sp³-hybridized carbons (Fsp3) is 0.318. The second kappa shape index (κ2) is 9.06. The molecule has 0 spiro atoms. The predicted molar refractivity (Wildman–Crippen MR) is 112 cm³/mol. The van der Waals surface area contributed by atoms with Crippen LogP contribution in [0.2, 0.25) is 0 Å². The van der Waals surface area contributed by atoms with E-state index < -0.39 is 0 Å². The first-order chi connectivity index (χ1) is 13.4. The Bertz CT molecular complexity index is 920. The first-order valence-electron chi connectivity index (χ1n) is 9.34. The Morgan fingerprint density at radius 3 is 2.43 bits per heavy atom. The summed E-state index contributed by atoms with van der Waals surface area (Å²) in [6, 6.07) is 16.3. The van der Waals surface area contributed by atoms with Crippen molar-refractivity contribution < 1.29 is 9.21 Å². The van der Waals surface area contributed by atoms with E-state index in [1.165, 1.54) is 17.3 Å². The number of benzene rings is 2. The number of amides is 1. The largest absolute Gasteiger partial charge is 0.411 e. The van der Waals surface area contributed by atoms with Crippen molar-refractivity contribution in [3.05, 3.63) is 65.2 Å². The van der Waals surface area contributed by atoms with Crippen molar-refractivity contribution in [3.8, 4) is 11.5 Å². The van der Waals surface area contributed by atoms with E-state index in [0.717, 1.165) is 16.7 Å². The third-order valence-corrected chi connectivity index (χ3v) is 5.41. The molecule has 1 aromatic heterocycles. The molecule has 5 nitrogen and oxygen atoms in total. The fourth-order valence-corrected chi connectivity index (χ4v) is 3.68. The van der Waals surface area contributed by atoms with Gasteiger partial charge in [0.25, 0.3) is 5.22 Å². The van der Waals surface area contributed by atoms with E-state index in [4.69, 9.17) is 4.42 Å². The highest BCUT2D eigenvalue weighted by atomic mass is 32.2. The number of hydrogen-bond acceptors (Lipinski definition) is 5. The zero-order chi connectivity index (χ0) is 20.1. The number of carbonyl (C=O) groups excluding carboxylic acids is 1. The van der Waals surface area contributed by atoms with Crippen molar-refractivity contribution in [1.82, 2.24) is 15.5 Å². The lowest BCUT2D eigenvalue weighted by atomic mass is 10.0. The Morgan fingerprint density at radius 1 is 1.07 bits per heavy atom. The molecule has 2 unspecified atom stereocenters. The molecule has 1 N–H and O–H groups in total. The van der Waals surface area contributed by atoms with Crippen LogP contribution in [-0.2, 0) is 4.79 Å². The number of aryl methyl sites for hydroxylation is 2. The standard InChI is InChI=1S/C22H25N3O2S/c1-14-10-15(2)12-19(11-14)21-24-25-22(27-21)28-17(4)20(26)23-13-16(3)18-8-6-5-7-9-18/h5-12,16-17H,13H2,1-4H3,(H,23,26). The smallest absolute Gasteiger partial charge is 0.277 e. The molecule has 0 bridgehead atoms. The molecule has 0 aliphatic carbocycles. The molecule has 1 amide bonds. The summed E-state index contributed by atoms with van der Waals surface area (Å²) in [6.07, 6.45) is 0. The van der Waals surface area contributed by atoms with Crippen LogP contribution < -0.4 is 5.32 Å². The number of thioether (sulfide) groups is 1. The highest BCUT2D eigenvalue weighted by molar-refractivity contribution is 8.00. The molecule has 146 valence electrons. The number of nitrogens with one attached hydrogen (secondary N) is 1. The van der Waals surface area contributed by atoms with Gasteiger partial charge in [-0.05, 0) is 44.4 Å². The summed E-state index contributed by atoms with van der Waals surface area (Å²) in [6.45, 7) is 8.59. The van der Waals surface area contributed by atoms with E-state index in [9.17, 15) is 4.79 Å². The van der Waals surface area contributed by atoms with Gasteiger partial charge in [0, 0.05) is 12.1 Å². The Kier molecular flexibility index (Phi) is 6.52. The van der Waals surface area contributed by atoms with Crippen LogP contribution in [0.4, 0.5) is 0 Å². The molecule has 3 aromatic rings. The van der Waals surface area contributed by atoms with Crippen molar-refractivity contribution in [2.24, 2.45) is 0 Å². The van der Waals surface area contributed by atoms with Crippen molar-refractivity contribution in [1.29, 1.82) is 0 Å². The van der Waals surface area contributed by atoms with Crippen LogP contribution in [0, 0.1) is 13.8 Å². The van der Waals surface area contributed by atoms with E-state index in [-0.39, 0.29) is 17.1 Å². The zero-order valence-corrected chi connectivity index (χ0v) is 17.4. The average molecular weight is 396 g/mol. The molecule has 3 rings (SSSR count).